The summed E-state index contributed by atoms with van der Waals surface area (Å²) in [5, 5.41) is 3.50. The molecule has 1 saturated carbocycles. The monoisotopic (exact) mass is 386 g/mol. The fraction of sp³-hybridized carbons (Fsp3) is 0.500. The minimum Gasteiger partial charge on any atom is -0.272 e. The van der Waals surface area contributed by atoms with E-state index in [0.29, 0.717) is 24.4 Å². The molecule has 0 bridgehead atoms. The normalized spacial score (nSPS) is 23.2. The van der Waals surface area contributed by atoms with Gasteiger partial charge in [-0.15, -0.1) is 0 Å². The van der Waals surface area contributed by atoms with Crippen molar-refractivity contribution in [3.05, 3.63) is 35.6 Å². The Morgan fingerprint density at radius 2 is 1.79 bits per heavy atom. The van der Waals surface area contributed by atoms with Gasteiger partial charge in [-0.3, -0.25) is 19.9 Å². The molecule has 148 valence electrons. The quantitative estimate of drug-likeness (QED) is 0.807. The standard InChI is InChI=1S/C20H24FN5O2/c1-24-17-16(18(27)25(2)20(24)28)26(12-13-8-10-14(21)11-9-13)19(23-17)22-15-6-4-3-5-7-15/h8-11,15-16H,3-7,12H2,1-2H3/p+1. The highest BCUT2D eigenvalue weighted by atomic mass is 19.1. The Bertz CT molecular complexity index is 858. The zero-order valence-corrected chi connectivity index (χ0v) is 16.2. The smallest absolute Gasteiger partial charge is 0.272 e. The highest BCUT2D eigenvalue weighted by Gasteiger charge is 2.51. The average molecular weight is 386 g/mol. The molecular weight excluding hydrogens is 361 g/mol. The third kappa shape index (κ3) is 3.27. The second-order valence-electron chi connectivity index (χ2n) is 7.67. The fourth-order valence-electron chi connectivity index (χ4n) is 4.10. The van der Waals surface area contributed by atoms with Gasteiger partial charge in [-0.05, 0) is 30.5 Å². The molecule has 4 rings (SSSR count). The molecule has 2 heterocycles. The molecule has 28 heavy (non-hydrogen) atoms. The topological polar surface area (TPSA) is 68.0 Å². The molecular formula is C20H25FN5O2+. The maximum Gasteiger partial charge on any atom is 0.390 e. The molecule has 2 aliphatic heterocycles. The summed E-state index contributed by atoms with van der Waals surface area (Å²) in [6.45, 7) is 0.397. The van der Waals surface area contributed by atoms with Gasteiger partial charge in [-0.2, -0.15) is 0 Å². The summed E-state index contributed by atoms with van der Waals surface area (Å²) in [6.07, 6.45) is 5.70. The van der Waals surface area contributed by atoms with Gasteiger partial charge in [0.05, 0.1) is 12.6 Å². The van der Waals surface area contributed by atoms with Crippen molar-refractivity contribution in [3.8, 4) is 0 Å². The number of guanidine groups is 1. The molecule has 1 N–H and O–H groups in total. The minimum atomic E-state index is -0.663. The number of amides is 3. The highest BCUT2D eigenvalue weighted by molar-refractivity contribution is 6.22. The van der Waals surface area contributed by atoms with E-state index in [0.717, 1.165) is 23.3 Å². The Labute approximate surface area is 163 Å². The van der Waals surface area contributed by atoms with Crippen LogP contribution < -0.4 is 5.32 Å². The number of amidine groups is 1. The number of nitrogens with one attached hydrogen (secondary N) is 1. The van der Waals surface area contributed by atoms with Gasteiger partial charge in [0, 0.05) is 14.1 Å². The average Bonchev–Trinajstić information content (AvgIpc) is 3.05. The second-order valence-corrected chi connectivity index (χ2v) is 7.67. The number of benzene rings is 1. The lowest BCUT2D eigenvalue weighted by Gasteiger charge is -2.31. The van der Waals surface area contributed by atoms with E-state index < -0.39 is 6.04 Å². The van der Waals surface area contributed by atoms with E-state index in [2.05, 4.69) is 10.3 Å². The zero-order chi connectivity index (χ0) is 19.8. The summed E-state index contributed by atoms with van der Waals surface area (Å²) in [5.41, 5.74) is 0.871. The van der Waals surface area contributed by atoms with Gasteiger partial charge in [-0.25, -0.2) is 13.8 Å². The molecule has 1 aromatic carbocycles. The lowest BCUT2D eigenvalue weighted by atomic mass is 9.96. The van der Waals surface area contributed by atoms with E-state index >= 15 is 0 Å². The Hall–Kier alpha value is -2.77. The first-order chi connectivity index (χ1) is 13.5. The molecule has 0 radical (unpaired) electrons. The van der Waals surface area contributed by atoms with Crippen molar-refractivity contribution in [2.75, 3.05) is 14.1 Å². The van der Waals surface area contributed by atoms with Crippen LogP contribution in [0.15, 0.2) is 29.3 Å². The molecule has 1 saturated heterocycles. The third-order valence-electron chi connectivity index (χ3n) is 5.74. The highest BCUT2D eigenvalue weighted by Crippen LogP contribution is 2.22. The van der Waals surface area contributed by atoms with Crippen LogP contribution in [0.25, 0.3) is 0 Å². The number of halogens is 1. The number of hydrogen-bond donors (Lipinski definition) is 1. The Morgan fingerprint density at radius 3 is 2.46 bits per heavy atom. The number of likely N-dealkylation sites (N-methyl/N-ethyl adjacent to an activating group) is 2. The predicted octanol–water partition coefficient (Wildman–Crippen LogP) is 1.92. The number of nitrogens with zero attached hydrogens (tertiary/aromatic N) is 4. The van der Waals surface area contributed by atoms with Crippen LogP contribution in [0.3, 0.4) is 0 Å². The summed E-state index contributed by atoms with van der Waals surface area (Å²) in [7, 11) is 3.12. The van der Waals surface area contributed by atoms with E-state index in [1.807, 2.05) is 4.58 Å². The number of carbonyl (C=O) groups excluding carboxylic acids is 2. The second kappa shape index (κ2) is 7.33. The molecule has 1 atom stereocenters. The molecule has 1 aliphatic carbocycles. The number of imide groups is 1. The molecule has 0 spiro atoms. The molecule has 7 nitrogen and oxygen atoms in total. The first-order valence-electron chi connectivity index (χ1n) is 9.74. The first-order valence-corrected chi connectivity index (χ1v) is 9.74. The van der Waals surface area contributed by atoms with Gasteiger partial charge >= 0.3 is 12.0 Å². The molecule has 1 aromatic rings. The van der Waals surface area contributed by atoms with Crippen molar-refractivity contribution in [1.29, 1.82) is 0 Å². The fourth-order valence-corrected chi connectivity index (χ4v) is 4.10. The Morgan fingerprint density at radius 1 is 1.11 bits per heavy atom. The number of urea groups is 1. The molecule has 1 unspecified atom stereocenters. The van der Waals surface area contributed by atoms with Gasteiger partial charge in [0.2, 0.25) is 11.9 Å². The summed E-state index contributed by atoms with van der Waals surface area (Å²) in [6, 6.07) is 5.48. The Kier molecular flexibility index (Phi) is 4.87. The Balaban J connectivity index is 1.69. The van der Waals surface area contributed by atoms with Crippen LogP contribution in [-0.4, -0.2) is 64.3 Å². The summed E-state index contributed by atoms with van der Waals surface area (Å²) < 4.78 is 15.2. The summed E-state index contributed by atoms with van der Waals surface area (Å²) >= 11 is 0. The zero-order valence-electron chi connectivity index (χ0n) is 16.2. The van der Waals surface area contributed by atoms with Gasteiger partial charge in [-0.1, -0.05) is 36.4 Å². The summed E-state index contributed by atoms with van der Waals surface area (Å²) in [5.74, 6) is 0.447. The van der Waals surface area contributed by atoms with E-state index in [9.17, 15) is 14.0 Å². The third-order valence-corrected chi connectivity index (χ3v) is 5.74. The van der Waals surface area contributed by atoms with Crippen LogP contribution in [0.1, 0.15) is 37.7 Å². The number of fused-ring (bicyclic) bond motifs is 1. The predicted molar refractivity (Wildman–Crippen MR) is 103 cm³/mol. The molecule has 0 aromatic heterocycles. The van der Waals surface area contributed by atoms with Crippen LogP contribution in [0.2, 0.25) is 0 Å². The van der Waals surface area contributed by atoms with Crippen LogP contribution in [0.4, 0.5) is 9.18 Å². The van der Waals surface area contributed by atoms with E-state index in [1.165, 1.54) is 43.3 Å². The van der Waals surface area contributed by atoms with Gasteiger partial charge in [0.25, 0.3) is 5.91 Å². The van der Waals surface area contributed by atoms with Crippen molar-refractivity contribution in [1.82, 2.24) is 15.1 Å². The number of carbonyl (C=O) groups is 2. The van der Waals surface area contributed by atoms with E-state index in [4.69, 9.17) is 0 Å². The van der Waals surface area contributed by atoms with Crippen LogP contribution in [-0.2, 0) is 11.3 Å². The number of hydrogen-bond acceptors (Lipinski definition) is 4. The molecule has 3 aliphatic rings. The maximum atomic E-state index is 13.3. The van der Waals surface area contributed by atoms with Gasteiger partial charge in [0.15, 0.2) is 0 Å². The van der Waals surface area contributed by atoms with Crippen LogP contribution >= 0.6 is 0 Å². The number of rotatable bonds is 3. The lowest BCUT2D eigenvalue weighted by Crippen LogP contribution is -2.61. The molecule has 8 heteroatoms. The SMILES string of the molecule is CN1C(=O)C2C(=NC(NC3CCCCC3)=[N+]2Cc2ccc(F)cc2)N(C)C1=O. The maximum absolute atomic E-state index is 13.3. The molecule has 2 fully saturated rings. The van der Waals surface area contributed by atoms with Crippen molar-refractivity contribution in [3.63, 3.8) is 0 Å². The summed E-state index contributed by atoms with van der Waals surface area (Å²) in [4.78, 5) is 32.5. The van der Waals surface area contributed by atoms with Crippen LogP contribution in [0.5, 0.6) is 0 Å². The molecule has 3 amide bonds. The minimum absolute atomic E-state index is 0.301. The van der Waals surface area contributed by atoms with E-state index in [1.54, 1.807) is 19.2 Å². The lowest BCUT2D eigenvalue weighted by molar-refractivity contribution is -0.553. The van der Waals surface area contributed by atoms with Gasteiger partial charge in [0.1, 0.15) is 5.82 Å². The largest absolute Gasteiger partial charge is 0.390 e. The first kappa shape index (κ1) is 18.6. The van der Waals surface area contributed by atoms with Gasteiger partial charge < -0.3 is 0 Å². The van der Waals surface area contributed by atoms with Crippen molar-refractivity contribution >= 4 is 23.7 Å². The van der Waals surface area contributed by atoms with Crippen LogP contribution in [0, 0.1) is 5.82 Å². The van der Waals surface area contributed by atoms with Crippen molar-refractivity contribution in [2.45, 2.75) is 50.7 Å². The number of aliphatic imine (C=N–C) groups is 1. The van der Waals surface area contributed by atoms with Crippen molar-refractivity contribution in [2.24, 2.45) is 4.99 Å². The van der Waals surface area contributed by atoms with E-state index in [-0.39, 0.29) is 17.8 Å². The van der Waals surface area contributed by atoms with Crippen molar-refractivity contribution < 1.29 is 18.6 Å².